The van der Waals surface area contributed by atoms with Crippen LogP contribution in [0, 0.1) is 12.3 Å². The fraction of sp³-hybridized carbons (Fsp3) is 0.364. The number of nitrogens with one attached hydrogen (secondary N) is 1. The number of carbonyl (C=O) groups is 1. The van der Waals surface area contributed by atoms with E-state index in [1.807, 2.05) is 18.4 Å². The van der Waals surface area contributed by atoms with E-state index in [1.165, 1.54) is 11.3 Å². The highest BCUT2D eigenvalue weighted by molar-refractivity contribution is 9.10. The summed E-state index contributed by atoms with van der Waals surface area (Å²) in [5.41, 5.74) is 0. The molecular weight excluding hydrogens is 274 g/mol. The number of halogens is 1. The maximum absolute atomic E-state index is 11.7. The second-order valence-electron chi connectivity index (χ2n) is 3.08. The lowest BCUT2D eigenvalue weighted by atomic mass is 10.2. The summed E-state index contributed by atoms with van der Waals surface area (Å²) in [7, 11) is 0. The molecule has 0 bridgehead atoms. The zero-order valence-corrected chi connectivity index (χ0v) is 10.8. The molecule has 0 aliphatic rings. The standard InChI is InChI=1S/C11H12BrNOS/c1-3-5-8(4-2)13-11(14)10-9(12)6-7-15-10/h2,6-8H,3,5H2,1H3,(H,13,14). The molecule has 2 nitrogen and oxygen atoms in total. The topological polar surface area (TPSA) is 29.1 Å². The molecule has 0 saturated heterocycles. The highest BCUT2D eigenvalue weighted by atomic mass is 79.9. The Morgan fingerprint density at radius 2 is 2.53 bits per heavy atom. The molecule has 0 aliphatic carbocycles. The highest BCUT2D eigenvalue weighted by Gasteiger charge is 2.14. The molecule has 0 spiro atoms. The second-order valence-corrected chi connectivity index (χ2v) is 4.85. The molecular formula is C11H12BrNOS. The predicted molar refractivity (Wildman–Crippen MR) is 67.0 cm³/mol. The van der Waals surface area contributed by atoms with Gasteiger partial charge in [-0.1, -0.05) is 19.3 Å². The van der Waals surface area contributed by atoms with Gasteiger partial charge in [-0.15, -0.1) is 17.8 Å². The maximum Gasteiger partial charge on any atom is 0.263 e. The molecule has 80 valence electrons. The number of carbonyl (C=O) groups excluding carboxylic acids is 1. The predicted octanol–water partition coefficient (Wildman–Crippen LogP) is 3.04. The third-order valence-electron chi connectivity index (χ3n) is 1.91. The van der Waals surface area contributed by atoms with Crippen LogP contribution in [0.15, 0.2) is 15.9 Å². The lowest BCUT2D eigenvalue weighted by Crippen LogP contribution is -2.33. The quantitative estimate of drug-likeness (QED) is 0.847. The molecule has 1 rings (SSSR count). The van der Waals surface area contributed by atoms with Crippen molar-refractivity contribution in [2.75, 3.05) is 0 Å². The van der Waals surface area contributed by atoms with Gasteiger partial charge in [-0.2, -0.15) is 0 Å². The normalized spacial score (nSPS) is 11.8. The first-order chi connectivity index (χ1) is 7.19. The Kier molecular flexibility index (Phi) is 4.86. The van der Waals surface area contributed by atoms with E-state index < -0.39 is 0 Å². The van der Waals surface area contributed by atoms with Crippen LogP contribution < -0.4 is 5.32 Å². The maximum atomic E-state index is 11.7. The zero-order chi connectivity index (χ0) is 11.3. The summed E-state index contributed by atoms with van der Waals surface area (Å²) in [6.07, 6.45) is 7.10. The lowest BCUT2D eigenvalue weighted by molar-refractivity contribution is 0.0947. The molecule has 1 aromatic rings. The number of hydrogen-bond donors (Lipinski definition) is 1. The molecule has 0 saturated carbocycles. The molecule has 0 fully saturated rings. The summed E-state index contributed by atoms with van der Waals surface area (Å²) in [6.45, 7) is 2.04. The van der Waals surface area contributed by atoms with Crippen molar-refractivity contribution in [2.45, 2.75) is 25.8 Å². The van der Waals surface area contributed by atoms with Crippen molar-refractivity contribution in [3.05, 3.63) is 20.8 Å². The average Bonchev–Trinajstić information content (AvgIpc) is 2.63. The molecule has 0 aromatic carbocycles. The molecule has 0 radical (unpaired) electrons. The monoisotopic (exact) mass is 285 g/mol. The first-order valence-electron chi connectivity index (χ1n) is 4.69. The van der Waals surface area contributed by atoms with Gasteiger partial charge in [0, 0.05) is 4.47 Å². The summed E-state index contributed by atoms with van der Waals surface area (Å²) < 4.78 is 0.817. The highest BCUT2D eigenvalue weighted by Crippen LogP contribution is 2.22. The van der Waals surface area contributed by atoms with Gasteiger partial charge < -0.3 is 5.32 Å². The van der Waals surface area contributed by atoms with Gasteiger partial charge in [0.05, 0.1) is 6.04 Å². The minimum Gasteiger partial charge on any atom is -0.338 e. The van der Waals surface area contributed by atoms with Crippen molar-refractivity contribution in [3.63, 3.8) is 0 Å². The van der Waals surface area contributed by atoms with Gasteiger partial charge in [0.15, 0.2) is 0 Å². The average molecular weight is 286 g/mol. The Labute approximate surface area is 102 Å². The van der Waals surface area contributed by atoms with Crippen molar-refractivity contribution < 1.29 is 4.79 Å². The summed E-state index contributed by atoms with van der Waals surface area (Å²) in [5.74, 6) is 2.47. The van der Waals surface area contributed by atoms with Crippen LogP contribution in [0.2, 0.25) is 0 Å². The minimum atomic E-state index is -0.170. The molecule has 1 N–H and O–H groups in total. The third-order valence-corrected chi connectivity index (χ3v) is 3.74. The summed E-state index contributed by atoms with van der Waals surface area (Å²) >= 11 is 4.72. The number of rotatable bonds is 4. The fourth-order valence-electron chi connectivity index (χ4n) is 1.17. The molecule has 1 unspecified atom stereocenters. The lowest BCUT2D eigenvalue weighted by Gasteiger charge is -2.11. The van der Waals surface area contributed by atoms with E-state index in [0.29, 0.717) is 4.88 Å². The molecule has 1 atom stereocenters. The van der Waals surface area contributed by atoms with E-state index in [0.717, 1.165) is 17.3 Å². The van der Waals surface area contributed by atoms with Crippen LogP contribution in [0.4, 0.5) is 0 Å². The van der Waals surface area contributed by atoms with Gasteiger partial charge in [0.2, 0.25) is 0 Å². The van der Waals surface area contributed by atoms with Gasteiger partial charge in [-0.25, -0.2) is 0 Å². The van der Waals surface area contributed by atoms with Crippen LogP contribution in [0.5, 0.6) is 0 Å². The molecule has 4 heteroatoms. The van der Waals surface area contributed by atoms with Gasteiger partial charge >= 0.3 is 0 Å². The second kappa shape index (κ2) is 5.94. The molecule has 1 aromatic heterocycles. The summed E-state index contributed by atoms with van der Waals surface area (Å²) in [5, 5.41) is 4.68. The van der Waals surface area contributed by atoms with Crippen LogP contribution >= 0.6 is 27.3 Å². The van der Waals surface area contributed by atoms with Crippen LogP contribution in [0.25, 0.3) is 0 Å². The van der Waals surface area contributed by atoms with Crippen LogP contribution in [-0.2, 0) is 0 Å². The van der Waals surface area contributed by atoms with Crippen molar-refractivity contribution in [1.29, 1.82) is 0 Å². The molecule has 0 aliphatic heterocycles. The van der Waals surface area contributed by atoms with Gasteiger partial charge in [0.25, 0.3) is 5.91 Å². The SMILES string of the molecule is C#CC(CCC)NC(=O)c1sccc1Br. The van der Waals surface area contributed by atoms with Gasteiger partial charge in [-0.3, -0.25) is 4.79 Å². The number of hydrogen-bond acceptors (Lipinski definition) is 2. The number of amides is 1. The van der Waals surface area contributed by atoms with Crippen LogP contribution in [0.3, 0.4) is 0 Å². The smallest absolute Gasteiger partial charge is 0.263 e. The van der Waals surface area contributed by atoms with E-state index in [-0.39, 0.29) is 11.9 Å². The van der Waals surface area contributed by atoms with E-state index in [4.69, 9.17) is 6.42 Å². The van der Waals surface area contributed by atoms with E-state index >= 15 is 0 Å². The molecule has 15 heavy (non-hydrogen) atoms. The van der Waals surface area contributed by atoms with Gasteiger partial charge in [0.1, 0.15) is 4.88 Å². The number of terminal acetylenes is 1. The minimum absolute atomic E-state index is 0.103. The van der Waals surface area contributed by atoms with Crippen LogP contribution in [-0.4, -0.2) is 11.9 Å². The summed E-state index contributed by atoms with van der Waals surface area (Å²) in [4.78, 5) is 12.4. The molecule has 1 amide bonds. The van der Waals surface area contributed by atoms with E-state index in [1.54, 1.807) is 0 Å². The van der Waals surface area contributed by atoms with Crippen molar-refractivity contribution in [1.82, 2.24) is 5.32 Å². The first-order valence-corrected chi connectivity index (χ1v) is 6.36. The van der Waals surface area contributed by atoms with Gasteiger partial charge in [-0.05, 0) is 33.8 Å². The zero-order valence-electron chi connectivity index (χ0n) is 8.42. The number of thiophene rings is 1. The van der Waals surface area contributed by atoms with Crippen molar-refractivity contribution in [2.24, 2.45) is 0 Å². The Morgan fingerprint density at radius 3 is 3.00 bits per heavy atom. The Morgan fingerprint density at radius 1 is 1.80 bits per heavy atom. The van der Waals surface area contributed by atoms with E-state index in [2.05, 4.69) is 27.2 Å². The first kappa shape index (κ1) is 12.3. The Bertz CT molecular complexity index is 380. The Balaban J connectivity index is 2.64. The molecule has 1 heterocycles. The van der Waals surface area contributed by atoms with Crippen LogP contribution in [0.1, 0.15) is 29.4 Å². The largest absolute Gasteiger partial charge is 0.338 e. The van der Waals surface area contributed by atoms with E-state index in [9.17, 15) is 4.79 Å². The third kappa shape index (κ3) is 3.37. The summed E-state index contributed by atoms with van der Waals surface area (Å²) in [6, 6.07) is 1.68. The van der Waals surface area contributed by atoms with Crippen molar-refractivity contribution in [3.8, 4) is 12.3 Å². The Hall–Kier alpha value is -0.790. The fourth-order valence-corrected chi connectivity index (χ4v) is 2.62. The van der Waals surface area contributed by atoms with Crippen molar-refractivity contribution >= 4 is 33.2 Å².